The van der Waals surface area contributed by atoms with Crippen molar-refractivity contribution < 1.29 is 4.74 Å². The number of aryl methyl sites for hydroxylation is 1. The highest BCUT2D eigenvalue weighted by Gasteiger charge is 2.28. The predicted molar refractivity (Wildman–Crippen MR) is 119 cm³/mol. The van der Waals surface area contributed by atoms with E-state index in [1.807, 2.05) is 27.0 Å². The number of ether oxygens (including phenoxy) is 1. The molecule has 1 fully saturated rings. The largest absolute Gasteiger partial charge is 0.376 e. The molecule has 0 saturated carbocycles. The number of rotatable bonds is 4. The molecule has 3 unspecified atom stereocenters. The quantitative estimate of drug-likeness (QED) is 0.790. The number of nitrogens with zero attached hydrogens (tertiary/aromatic N) is 2. The third kappa shape index (κ3) is 5.22. The van der Waals surface area contributed by atoms with Crippen LogP contribution in [0.4, 0.5) is 0 Å². The summed E-state index contributed by atoms with van der Waals surface area (Å²) in [5.41, 5.74) is 11.6. The molecule has 2 aliphatic heterocycles. The summed E-state index contributed by atoms with van der Waals surface area (Å²) >= 11 is 0. The number of aliphatic imine (C=N–C) groups is 1. The first kappa shape index (κ1) is 21.5. The van der Waals surface area contributed by atoms with Gasteiger partial charge in [0.1, 0.15) is 5.84 Å². The van der Waals surface area contributed by atoms with Crippen molar-refractivity contribution in [2.75, 3.05) is 13.2 Å². The number of aromatic nitrogens is 1. The van der Waals surface area contributed by atoms with Crippen LogP contribution in [0.5, 0.6) is 0 Å². The first-order valence-electron chi connectivity index (χ1n) is 10.9. The zero-order chi connectivity index (χ0) is 20.6. The van der Waals surface area contributed by atoms with Crippen LogP contribution in [0.2, 0.25) is 0 Å². The molecule has 2 aliphatic rings. The van der Waals surface area contributed by atoms with Crippen LogP contribution in [0.15, 0.2) is 47.6 Å². The highest BCUT2D eigenvalue weighted by molar-refractivity contribution is 6.00. The monoisotopic (exact) mass is 394 g/mol. The number of fused-ring (bicyclic) bond motifs is 1. The third-order valence-corrected chi connectivity index (χ3v) is 5.57. The number of benzene rings is 1. The smallest absolute Gasteiger partial charge is 0.143 e. The van der Waals surface area contributed by atoms with Crippen LogP contribution in [-0.2, 0) is 4.74 Å². The average molecular weight is 395 g/mol. The molecule has 5 heteroatoms. The van der Waals surface area contributed by atoms with Gasteiger partial charge in [0.05, 0.1) is 18.7 Å². The summed E-state index contributed by atoms with van der Waals surface area (Å²) in [6, 6.07) is 13.0. The average Bonchev–Trinajstić information content (AvgIpc) is 2.79. The molecule has 3 atom stereocenters. The maximum atomic E-state index is 5.82. The van der Waals surface area contributed by atoms with Crippen molar-refractivity contribution >= 4 is 5.84 Å². The fraction of sp³-hybridized carbons (Fsp3) is 0.500. The number of nitrogens with one attached hydrogen (secondary N) is 2. The molecule has 1 saturated heterocycles. The molecule has 0 bridgehead atoms. The Labute approximate surface area is 175 Å². The molecule has 0 spiro atoms. The molecular formula is C24H34N4O. The predicted octanol–water partition coefficient (Wildman–Crippen LogP) is 4.68. The summed E-state index contributed by atoms with van der Waals surface area (Å²) in [6.07, 6.45) is 5.65. The molecule has 29 heavy (non-hydrogen) atoms. The maximum absolute atomic E-state index is 5.82. The Morgan fingerprint density at radius 1 is 1.21 bits per heavy atom. The second-order valence-corrected chi connectivity index (χ2v) is 7.53. The molecule has 2 N–H and O–H groups in total. The van der Waals surface area contributed by atoms with Gasteiger partial charge in [-0.3, -0.25) is 9.98 Å². The summed E-state index contributed by atoms with van der Waals surface area (Å²) in [5, 5.41) is 0. The van der Waals surface area contributed by atoms with E-state index in [2.05, 4.69) is 59.2 Å². The van der Waals surface area contributed by atoms with E-state index in [0.29, 0.717) is 12.5 Å². The van der Waals surface area contributed by atoms with E-state index in [-0.39, 0.29) is 12.1 Å². The Kier molecular flexibility index (Phi) is 7.78. The van der Waals surface area contributed by atoms with E-state index >= 15 is 0 Å². The van der Waals surface area contributed by atoms with Gasteiger partial charge in [0.25, 0.3) is 0 Å². The number of pyridine rings is 1. The summed E-state index contributed by atoms with van der Waals surface area (Å²) in [7, 11) is 0. The van der Waals surface area contributed by atoms with Gasteiger partial charge in [-0.15, -0.1) is 0 Å². The van der Waals surface area contributed by atoms with Gasteiger partial charge >= 0.3 is 0 Å². The van der Waals surface area contributed by atoms with Gasteiger partial charge in [0.2, 0.25) is 0 Å². The zero-order valence-electron chi connectivity index (χ0n) is 18.1. The lowest BCUT2D eigenvalue weighted by Gasteiger charge is -2.33. The lowest BCUT2D eigenvalue weighted by atomic mass is 9.85. The fourth-order valence-corrected chi connectivity index (χ4v) is 3.98. The first-order valence-corrected chi connectivity index (χ1v) is 10.9. The van der Waals surface area contributed by atoms with Crippen molar-refractivity contribution in [1.29, 1.82) is 0 Å². The van der Waals surface area contributed by atoms with Crippen LogP contribution >= 0.6 is 0 Å². The Morgan fingerprint density at radius 2 is 2.03 bits per heavy atom. The topological polar surface area (TPSA) is 58.5 Å². The lowest BCUT2D eigenvalue weighted by molar-refractivity contribution is 0.0224. The van der Waals surface area contributed by atoms with Crippen LogP contribution in [0.1, 0.15) is 74.4 Å². The number of hydrazine groups is 1. The second kappa shape index (κ2) is 10.5. The first-order chi connectivity index (χ1) is 14.2. The second-order valence-electron chi connectivity index (χ2n) is 7.53. The van der Waals surface area contributed by atoms with E-state index in [1.54, 1.807) is 0 Å². The molecule has 2 aromatic rings. The van der Waals surface area contributed by atoms with Gasteiger partial charge in [-0.25, -0.2) is 5.43 Å². The van der Waals surface area contributed by atoms with E-state index in [9.17, 15) is 0 Å². The summed E-state index contributed by atoms with van der Waals surface area (Å²) < 4.78 is 5.82. The number of amidine groups is 1. The molecule has 4 rings (SSSR count). The van der Waals surface area contributed by atoms with Gasteiger partial charge in [-0.1, -0.05) is 45.0 Å². The van der Waals surface area contributed by atoms with Gasteiger partial charge < -0.3 is 10.2 Å². The summed E-state index contributed by atoms with van der Waals surface area (Å²) in [5.74, 6) is 1.22. The molecule has 0 radical (unpaired) electrons. The standard InChI is InChI=1S/C22H28N4O.C2H6/c1-15-13-17(10-11-23-15)16(2)21-19-8-3-4-9-20(19)22(26-25-21)24-14-18-7-5-6-12-27-18;1-2/h3-4,8-11,13,16,18,21,25H,5-7,12,14H2,1-2H3,(H,24,26);1-2H3. The Hall–Kier alpha value is -2.24. The summed E-state index contributed by atoms with van der Waals surface area (Å²) in [4.78, 5) is 9.16. The Morgan fingerprint density at radius 3 is 2.79 bits per heavy atom. The van der Waals surface area contributed by atoms with Gasteiger partial charge in [-0.2, -0.15) is 0 Å². The molecule has 3 heterocycles. The Bertz CT molecular complexity index is 814. The summed E-state index contributed by atoms with van der Waals surface area (Å²) in [6.45, 7) is 9.86. The Balaban J connectivity index is 0.00000117. The molecule has 0 aliphatic carbocycles. The van der Waals surface area contributed by atoms with Crippen LogP contribution < -0.4 is 10.9 Å². The highest BCUT2D eigenvalue weighted by atomic mass is 16.5. The highest BCUT2D eigenvalue weighted by Crippen LogP contribution is 2.34. The molecule has 0 amide bonds. The van der Waals surface area contributed by atoms with Gasteiger partial charge in [-0.05, 0) is 49.4 Å². The fourth-order valence-electron chi connectivity index (χ4n) is 3.98. The molecule has 156 valence electrons. The third-order valence-electron chi connectivity index (χ3n) is 5.57. The van der Waals surface area contributed by atoms with E-state index < -0.39 is 0 Å². The van der Waals surface area contributed by atoms with Gasteiger partial charge in [0.15, 0.2) is 0 Å². The van der Waals surface area contributed by atoms with Gasteiger partial charge in [0, 0.05) is 30.0 Å². The maximum Gasteiger partial charge on any atom is 0.143 e. The normalized spacial score (nSPS) is 23.4. The van der Waals surface area contributed by atoms with Crippen LogP contribution in [-0.4, -0.2) is 30.1 Å². The van der Waals surface area contributed by atoms with Crippen molar-refractivity contribution in [2.24, 2.45) is 4.99 Å². The molecule has 1 aromatic heterocycles. The van der Waals surface area contributed by atoms with E-state index in [4.69, 9.17) is 9.73 Å². The van der Waals surface area contributed by atoms with E-state index in [1.165, 1.54) is 29.5 Å². The van der Waals surface area contributed by atoms with Crippen LogP contribution in [0, 0.1) is 6.92 Å². The van der Waals surface area contributed by atoms with E-state index in [0.717, 1.165) is 24.6 Å². The molecular weight excluding hydrogens is 360 g/mol. The van der Waals surface area contributed by atoms with Crippen molar-refractivity contribution in [3.05, 3.63) is 65.0 Å². The van der Waals surface area contributed by atoms with Crippen molar-refractivity contribution in [3.63, 3.8) is 0 Å². The minimum absolute atomic E-state index is 0.174. The van der Waals surface area contributed by atoms with Crippen molar-refractivity contribution in [2.45, 2.75) is 65.0 Å². The zero-order valence-corrected chi connectivity index (χ0v) is 18.1. The van der Waals surface area contributed by atoms with Crippen molar-refractivity contribution in [3.8, 4) is 0 Å². The van der Waals surface area contributed by atoms with Crippen LogP contribution in [0.3, 0.4) is 0 Å². The minimum Gasteiger partial charge on any atom is -0.376 e. The number of hydrogen-bond acceptors (Lipinski definition) is 4. The lowest BCUT2D eigenvalue weighted by Crippen LogP contribution is -2.47. The molecule has 5 nitrogen and oxygen atoms in total. The SMILES string of the molecule is CC.Cc1cc(C(C)C2NNC(=NCC3CCCCO3)c3ccccc32)ccn1. The van der Waals surface area contributed by atoms with Crippen LogP contribution in [0.25, 0.3) is 0 Å². The van der Waals surface area contributed by atoms with Crippen molar-refractivity contribution in [1.82, 2.24) is 15.8 Å². The minimum atomic E-state index is 0.174. The molecule has 1 aromatic carbocycles. The number of hydrogen-bond donors (Lipinski definition) is 2.